The molecule has 96 valence electrons. The summed E-state index contributed by atoms with van der Waals surface area (Å²) in [5.74, 6) is 1.73. The molecular formula is C12H22N4S. The molecule has 4 nitrogen and oxygen atoms in total. The Bertz CT molecular complexity index is 343. The molecule has 0 saturated heterocycles. The molecule has 0 aliphatic heterocycles. The lowest BCUT2D eigenvalue weighted by molar-refractivity contribution is 0.508. The van der Waals surface area contributed by atoms with Gasteiger partial charge >= 0.3 is 0 Å². The Morgan fingerprint density at radius 2 is 1.94 bits per heavy atom. The highest BCUT2D eigenvalue weighted by Gasteiger charge is 2.17. The lowest BCUT2D eigenvalue weighted by Gasteiger charge is -2.26. The Morgan fingerprint density at radius 1 is 1.29 bits per heavy atom. The predicted octanol–water partition coefficient (Wildman–Crippen LogP) is 3.23. The van der Waals surface area contributed by atoms with Crippen LogP contribution in [0.15, 0.2) is 11.2 Å². The zero-order valence-corrected chi connectivity index (χ0v) is 12.1. The van der Waals surface area contributed by atoms with Crippen LogP contribution in [0.5, 0.6) is 0 Å². The van der Waals surface area contributed by atoms with Crippen LogP contribution < -0.4 is 10.6 Å². The van der Waals surface area contributed by atoms with E-state index in [-0.39, 0.29) is 5.54 Å². The second kappa shape index (κ2) is 6.10. The van der Waals surface area contributed by atoms with Crippen LogP contribution in [0.25, 0.3) is 0 Å². The van der Waals surface area contributed by atoms with E-state index in [1.54, 1.807) is 11.8 Å². The van der Waals surface area contributed by atoms with Crippen molar-refractivity contribution in [2.45, 2.75) is 44.3 Å². The minimum atomic E-state index is 0.0593. The molecule has 0 atom stereocenters. The third kappa shape index (κ3) is 4.42. The molecule has 1 rings (SSSR count). The molecule has 5 heteroatoms. The summed E-state index contributed by atoms with van der Waals surface area (Å²) < 4.78 is 0. The van der Waals surface area contributed by atoms with Gasteiger partial charge in [0, 0.05) is 18.7 Å². The molecule has 0 aliphatic rings. The summed E-state index contributed by atoms with van der Waals surface area (Å²) >= 11 is 1.55. The van der Waals surface area contributed by atoms with Crippen LogP contribution in [0.2, 0.25) is 0 Å². The van der Waals surface area contributed by atoms with Crippen LogP contribution >= 0.6 is 11.8 Å². The van der Waals surface area contributed by atoms with Gasteiger partial charge in [0.15, 0.2) is 5.16 Å². The molecule has 17 heavy (non-hydrogen) atoms. The van der Waals surface area contributed by atoms with Crippen molar-refractivity contribution < 1.29 is 0 Å². The molecule has 2 N–H and O–H groups in total. The number of thioether (sulfide) groups is 1. The third-order valence-electron chi connectivity index (χ3n) is 2.49. The maximum atomic E-state index is 4.47. The van der Waals surface area contributed by atoms with Gasteiger partial charge in [-0.3, -0.25) is 0 Å². The first kappa shape index (κ1) is 14.1. The van der Waals surface area contributed by atoms with Gasteiger partial charge in [-0.2, -0.15) is 0 Å². The van der Waals surface area contributed by atoms with Crippen molar-refractivity contribution in [3.8, 4) is 0 Å². The van der Waals surface area contributed by atoms with Gasteiger partial charge in [0.25, 0.3) is 0 Å². The molecule has 0 aliphatic carbocycles. The minimum absolute atomic E-state index is 0.0593. The van der Waals surface area contributed by atoms with Crippen molar-refractivity contribution in [1.29, 1.82) is 0 Å². The van der Waals surface area contributed by atoms with Gasteiger partial charge in [0.2, 0.25) is 0 Å². The Morgan fingerprint density at radius 3 is 2.47 bits per heavy atom. The largest absolute Gasteiger partial charge is 0.373 e. The number of anilines is 2. The average molecular weight is 254 g/mol. The summed E-state index contributed by atoms with van der Waals surface area (Å²) in [4.78, 5) is 8.82. The molecular weight excluding hydrogens is 232 g/mol. The second-order valence-electron chi connectivity index (χ2n) is 4.63. The summed E-state index contributed by atoms with van der Waals surface area (Å²) in [7, 11) is 1.87. The van der Waals surface area contributed by atoms with Gasteiger partial charge in [-0.25, -0.2) is 9.97 Å². The van der Waals surface area contributed by atoms with Crippen molar-refractivity contribution in [2.75, 3.05) is 23.9 Å². The summed E-state index contributed by atoms with van der Waals surface area (Å²) in [6, 6.07) is 1.94. The molecule has 0 bridgehead atoms. The number of nitrogens with one attached hydrogen (secondary N) is 2. The average Bonchev–Trinajstić information content (AvgIpc) is 2.27. The normalized spacial score (nSPS) is 11.4. The summed E-state index contributed by atoms with van der Waals surface area (Å²) in [5, 5.41) is 7.30. The number of aromatic nitrogens is 2. The zero-order valence-electron chi connectivity index (χ0n) is 11.3. The highest BCUT2D eigenvalue weighted by Crippen LogP contribution is 2.22. The number of hydrogen-bond acceptors (Lipinski definition) is 5. The smallest absolute Gasteiger partial charge is 0.191 e. The van der Waals surface area contributed by atoms with Crippen molar-refractivity contribution in [2.24, 2.45) is 0 Å². The molecule has 0 unspecified atom stereocenters. The first-order chi connectivity index (χ1) is 8.00. The van der Waals surface area contributed by atoms with Crippen molar-refractivity contribution >= 4 is 23.4 Å². The van der Waals surface area contributed by atoms with Gasteiger partial charge in [0.05, 0.1) is 0 Å². The van der Waals surface area contributed by atoms with Crippen LogP contribution in [0, 0.1) is 0 Å². The molecule has 0 amide bonds. The lowest BCUT2D eigenvalue weighted by atomic mass is 9.99. The molecule has 0 aromatic carbocycles. The van der Waals surface area contributed by atoms with E-state index in [0.29, 0.717) is 0 Å². The SMILES string of the molecule is CCCC(C)(C)Nc1cc(NC)nc(SC)n1. The van der Waals surface area contributed by atoms with Crippen LogP contribution in [0.4, 0.5) is 11.6 Å². The maximum Gasteiger partial charge on any atom is 0.191 e. The third-order valence-corrected chi connectivity index (χ3v) is 3.03. The van der Waals surface area contributed by atoms with Crippen LogP contribution in [-0.2, 0) is 0 Å². The van der Waals surface area contributed by atoms with E-state index in [2.05, 4.69) is 41.4 Å². The fourth-order valence-electron chi connectivity index (χ4n) is 1.74. The van der Waals surface area contributed by atoms with E-state index in [1.807, 2.05) is 19.4 Å². The van der Waals surface area contributed by atoms with Gasteiger partial charge in [-0.05, 0) is 26.5 Å². The van der Waals surface area contributed by atoms with Gasteiger partial charge in [0.1, 0.15) is 11.6 Å². The summed E-state index contributed by atoms with van der Waals surface area (Å²) in [6.07, 6.45) is 4.25. The lowest BCUT2D eigenvalue weighted by Crippen LogP contribution is -2.31. The maximum absolute atomic E-state index is 4.47. The van der Waals surface area contributed by atoms with E-state index >= 15 is 0 Å². The van der Waals surface area contributed by atoms with Crippen LogP contribution in [0.1, 0.15) is 33.6 Å². The van der Waals surface area contributed by atoms with Crippen molar-refractivity contribution in [3.63, 3.8) is 0 Å². The molecule has 0 spiro atoms. The highest BCUT2D eigenvalue weighted by molar-refractivity contribution is 7.98. The molecule has 1 aromatic heterocycles. The number of nitrogens with zero attached hydrogens (tertiary/aromatic N) is 2. The molecule has 1 aromatic rings. The van der Waals surface area contributed by atoms with Crippen molar-refractivity contribution in [3.05, 3.63) is 6.07 Å². The van der Waals surface area contributed by atoms with E-state index in [0.717, 1.165) is 29.6 Å². The van der Waals surface area contributed by atoms with E-state index in [9.17, 15) is 0 Å². The predicted molar refractivity (Wildman–Crippen MR) is 76.0 cm³/mol. The number of rotatable bonds is 6. The molecule has 0 radical (unpaired) electrons. The monoisotopic (exact) mass is 254 g/mol. The highest BCUT2D eigenvalue weighted by atomic mass is 32.2. The Hall–Kier alpha value is -0.970. The Kier molecular flexibility index (Phi) is 5.05. The van der Waals surface area contributed by atoms with E-state index in [1.165, 1.54) is 0 Å². The van der Waals surface area contributed by atoms with Crippen LogP contribution in [-0.4, -0.2) is 28.8 Å². The van der Waals surface area contributed by atoms with Gasteiger partial charge < -0.3 is 10.6 Å². The van der Waals surface area contributed by atoms with Crippen LogP contribution in [0.3, 0.4) is 0 Å². The van der Waals surface area contributed by atoms with Gasteiger partial charge in [-0.1, -0.05) is 25.1 Å². The topological polar surface area (TPSA) is 49.8 Å². The minimum Gasteiger partial charge on any atom is -0.373 e. The molecule has 0 saturated carbocycles. The Balaban J connectivity index is 2.89. The fraction of sp³-hybridized carbons (Fsp3) is 0.667. The number of hydrogen-bond donors (Lipinski definition) is 2. The zero-order chi connectivity index (χ0) is 12.9. The first-order valence-corrected chi connectivity index (χ1v) is 7.12. The van der Waals surface area contributed by atoms with E-state index in [4.69, 9.17) is 0 Å². The quantitative estimate of drug-likeness (QED) is 0.603. The summed E-state index contributed by atoms with van der Waals surface area (Å²) in [5.41, 5.74) is 0.0593. The standard InChI is InChI=1S/C12H22N4S/c1-6-7-12(2,3)16-10-8-9(13-4)14-11(15-10)17-5/h8H,6-7H2,1-5H3,(H2,13,14,15,16). The van der Waals surface area contributed by atoms with Gasteiger partial charge in [-0.15, -0.1) is 0 Å². The molecule has 1 heterocycles. The second-order valence-corrected chi connectivity index (χ2v) is 5.41. The molecule has 0 fully saturated rings. The first-order valence-electron chi connectivity index (χ1n) is 5.89. The summed E-state index contributed by atoms with van der Waals surface area (Å²) in [6.45, 7) is 6.57. The van der Waals surface area contributed by atoms with Crippen molar-refractivity contribution in [1.82, 2.24) is 9.97 Å². The van der Waals surface area contributed by atoms with E-state index < -0.39 is 0 Å². The Labute approximate surface area is 108 Å². The fourth-order valence-corrected chi connectivity index (χ4v) is 2.12.